The molecule has 0 amide bonds. The molecule has 3 aromatic rings. The zero-order valence-corrected chi connectivity index (χ0v) is 11.4. The van der Waals surface area contributed by atoms with E-state index >= 15 is 0 Å². The van der Waals surface area contributed by atoms with Gasteiger partial charge in [-0.25, -0.2) is 4.98 Å². The summed E-state index contributed by atoms with van der Waals surface area (Å²) >= 11 is 0. The van der Waals surface area contributed by atoms with Gasteiger partial charge in [-0.2, -0.15) is 0 Å². The molecule has 1 heterocycles. The van der Waals surface area contributed by atoms with Crippen LogP contribution in [0.4, 0.5) is 5.69 Å². The van der Waals surface area contributed by atoms with Crippen molar-refractivity contribution in [1.29, 1.82) is 0 Å². The molecule has 4 heteroatoms. The zero-order chi connectivity index (χ0) is 13.9. The topological polar surface area (TPSA) is 55.3 Å². The fourth-order valence-corrected chi connectivity index (χ4v) is 2.30. The quantitative estimate of drug-likeness (QED) is 0.738. The molecule has 2 N–H and O–H groups in total. The lowest BCUT2D eigenvalue weighted by atomic mass is 10.1. The first-order chi connectivity index (χ1) is 9.70. The van der Waals surface area contributed by atoms with E-state index in [2.05, 4.69) is 35.1 Å². The average molecular weight is 267 g/mol. The molecule has 1 aromatic heterocycles. The number of nitrogens with two attached hydrogens (primary N) is 1. The molecule has 0 atom stereocenters. The molecule has 0 saturated heterocycles. The van der Waals surface area contributed by atoms with Crippen molar-refractivity contribution in [3.05, 3.63) is 60.0 Å². The summed E-state index contributed by atoms with van der Waals surface area (Å²) < 4.78 is 5.33. The maximum atomic E-state index is 5.69. The summed E-state index contributed by atoms with van der Waals surface area (Å²) in [5.41, 5.74) is 10.7. The normalized spacial score (nSPS) is 11.3. The molecule has 0 fully saturated rings. The number of aromatic nitrogens is 1. The summed E-state index contributed by atoms with van der Waals surface area (Å²) in [5.74, 6) is 0. The van der Waals surface area contributed by atoms with Crippen LogP contribution in [0.15, 0.2) is 53.3 Å². The van der Waals surface area contributed by atoms with Gasteiger partial charge in [0.25, 0.3) is 0 Å². The molecule has 0 spiro atoms. The number of benzene rings is 2. The second-order valence-corrected chi connectivity index (χ2v) is 5.07. The minimum Gasteiger partial charge on any atom is -0.443 e. The molecule has 4 nitrogen and oxygen atoms in total. The summed E-state index contributed by atoms with van der Waals surface area (Å²) in [6.07, 6.45) is 1.48. The predicted molar refractivity (Wildman–Crippen MR) is 80.0 cm³/mol. The number of anilines is 1. The van der Waals surface area contributed by atoms with Crippen molar-refractivity contribution < 1.29 is 4.42 Å². The molecule has 3 rings (SSSR count). The van der Waals surface area contributed by atoms with Crippen molar-refractivity contribution in [2.45, 2.75) is 13.1 Å². The fourth-order valence-electron chi connectivity index (χ4n) is 2.30. The monoisotopic (exact) mass is 267 g/mol. The number of nitrogens with zero attached hydrogens (tertiary/aromatic N) is 2. The van der Waals surface area contributed by atoms with Crippen LogP contribution >= 0.6 is 0 Å². The predicted octanol–water partition coefficient (Wildman–Crippen LogP) is 3.04. The van der Waals surface area contributed by atoms with Gasteiger partial charge in [0.05, 0.1) is 0 Å². The van der Waals surface area contributed by atoms with Crippen LogP contribution in [0.2, 0.25) is 0 Å². The highest BCUT2D eigenvalue weighted by Gasteiger charge is 2.04. The average Bonchev–Trinajstić information content (AvgIpc) is 2.89. The van der Waals surface area contributed by atoms with Crippen molar-refractivity contribution >= 4 is 16.8 Å². The lowest BCUT2D eigenvalue weighted by Gasteiger charge is -2.16. The Hall–Kier alpha value is -2.33. The second-order valence-electron chi connectivity index (χ2n) is 5.07. The molecule has 20 heavy (non-hydrogen) atoms. The molecule has 0 unspecified atom stereocenters. The Morgan fingerprint density at radius 1 is 1.05 bits per heavy atom. The van der Waals surface area contributed by atoms with Crippen LogP contribution in [0.3, 0.4) is 0 Å². The van der Waals surface area contributed by atoms with Gasteiger partial charge in [-0.1, -0.05) is 18.2 Å². The van der Waals surface area contributed by atoms with Gasteiger partial charge in [-0.05, 0) is 42.4 Å². The van der Waals surface area contributed by atoms with Gasteiger partial charge < -0.3 is 10.2 Å². The Bertz CT molecular complexity index is 703. The third-order valence-corrected chi connectivity index (χ3v) is 3.28. The first-order valence-electron chi connectivity index (χ1n) is 6.56. The van der Waals surface area contributed by atoms with E-state index < -0.39 is 0 Å². The lowest BCUT2D eigenvalue weighted by molar-refractivity contribution is 0.319. The standard InChI is InChI=1S/C16H17N3O/c1-19(9-12-2-5-14(17)6-3-12)10-13-4-7-15-16(8-13)20-11-18-15/h2-8,11H,9-10,17H2,1H3. The number of fused-ring (bicyclic) bond motifs is 1. The number of nitrogen functional groups attached to an aromatic ring is 1. The second kappa shape index (κ2) is 5.35. The smallest absolute Gasteiger partial charge is 0.181 e. The Balaban J connectivity index is 1.68. The molecule has 0 aliphatic heterocycles. The number of oxazole rings is 1. The van der Waals surface area contributed by atoms with Crippen LogP contribution in [0.5, 0.6) is 0 Å². The van der Waals surface area contributed by atoms with E-state index in [1.54, 1.807) is 0 Å². The Morgan fingerprint density at radius 2 is 1.75 bits per heavy atom. The number of rotatable bonds is 4. The third-order valence-electron chi connectivity index (χ3n) is 3.28. The van der Waals surface area contributed by atoms with Gasteiger partial charge in [-0.15, -0.1) is 0 Å². The fraction of sp³-hybridized carbons (Fsp3) is 0.188. The molecule has 0 radical (unpaired) electrons. The molecule has 102 valence electrons. The first kappa shape index (κ1) is 12.7. The van der Waals surface area contributed by atoms with Crippen molar-refractivity contribution in [1.82, 2.24) is 9.88 Å². The van der Waals surface area contributed by atoms with E-state index in [0.29, 0.717) is 0 Å². The largest absolute Gasteiger partial charge is 0.443 e. The lowest BCUT2D eigenvalue weighted by Crippen LogP contribution is -2.17. The minimum atomic E-state index is 0.798. The summed E-state index contributed by atoms with van der Waals surface area (Å²) in [4.78, 5) is 6.38. The minimum absolute atomic E-state index is 0.798. The van der Waals surface area contributed by atoms with Crippen molar-refractivity contribution in [3.63, 3.8) is 0 Å². The van der Waals surface area contributed by atoms with Crippen LogP contribution in [-0.2, 0) is 13.1 Å². The molecule has 0 aliphatic carbocycles. The first-order valence-corrected chi connectivity index (χ1v) is 6.56. The summed E-state index contributed by atoms with van der Waals surface area (Å²) in [7, 11) is 2.10. The van der Waals surface area contributed by atoms with Crippen LogP contribution in [0, 0.1) is 0 Å². The molecule has 0 aliphatic rings. The highest BCUT2D eigenvalue weighted by molar-refractivity contribution is 5.72. The number of hydrogen-bond acceptors (Lipinski definition) is 4. The molecular formula is C16H17N3O. The van der Waals surface area contributed by atoms with E-state index in [1.165, 1.54) is 17.5 Å². The van der Waals surface area contributed by atoms with E-state index in [0.717, 1.165) is 29.9 Å². The summed E-state index contributed by atoms with van der Waals surface area (Å²) in [5, 5.41) is 0. The van der Waals surface area contributed by atoms with Crippen LogP contribution in [-0.4, -0.2) is 16.9 Å². The Labute approximate surface area is 117 Å². The van der Waals surface area contributed by atoms with Gasteiger partial charge >= 0.3 is 0 Å². The molecule has 2 aromatic carbocycles. The van der Waals surface area contributed by atoms with Gasteiger partial charge in [0.2, 0.25) is 0 Å². The highest BCUT2D eigenvalue weighted by atomic mass is 16.3. The maximum Gasteiger partial charge on any atom is 0.181 e. The Kier molecular flexibility index (Phi) is 3.39. The van der Waals surface area contributed by atoms with E-state index in [1.807, 2.05) is 24.3 Å². The van der Waals surface area contributed by atoms with Crippen molar-refractivity contribution in [2.75, 3.05) is 12.8 Å². The summed E-state index contributed by atoms with van der Waals surface area (Å²) in [6.45, 7) is 1.75. The van der Waals surface area contributed by atoms with Gasteiger partial charge in [0, 0.05) is 18.8 Å². The number of hydrogen-bond donors (Lipinski definition) is 1. The maximum absolute atomic E-state index is 5.69. The molecule has 0 saturated carbocycles. The highest BCUT2D eigenvalue weighted by Crippen LogP contribution is 2.16. The van der Waals surface area contributed by atoms with E-state index in [-0.39, 0.29) is 0 Å². The van der Waals surface area contributed by atoms with Gasteiger partial charge in [0.15, 0.2) is 12.0 Å². The van der Waals surface area contributed by atoms with Crippen molar-refractivity contribution in [2.24, 2.45) is 0 Å². The van der Waals surface area contributed by atoms with E-state index in [4.69, 9.17) is 10.2 Å². The van der Waals surface area contributed by atoms with Crippen LogP contribution < -0.4 is 5.73 Å². The molecular weight excluding hydrogens is 250 g/mol. The summed E-state index contributed by atoms with van der Waals surface area (Å²) in [6, 6.07) is 14.1. The Morgan fingerprint density at radius 3 is 2.55 bits per heavy atom. The van der Waals surface area contributed by atoms with E-state index in [9.17, 15) is 0 Å². The SMILES string of the molecule is CN(Cc1ccc(N)cc1)Cc1ccc2ncoc2c1. The van der Waals surface area contributed by atoms with Gasteiger partial charge in [-0.3, -0.25) is 4.90 Å². The van der Waals surface area contributed by atoms with Crippen LogP contribution in [0.1, 0.15) is 11.1 Å². The molecule has 0 bridgehead atoms. The van der Waals surface area contributed by atoms with Crippen molar-refractivity contribution in [3.8, 4) is 0 Å². The zero-order valence-electron chi connectivity index (χ0n) is 11.4. The third kappa shape index (κ3) is 2.81. The van der Waals surface area contributed by atoms with Crippen LogP contribution in [0.25, 0.3) is 11.1 Å². The van der Waals surface area contributed by atoms with Gasteiger partial charge in [0.1, 0.15) is 5.52 Å².